The minimum absolute atomic E-state index is 0.121. The van der Waals surface area contributed by atoms with E-state index in [1.807, 2.05) is 19.2 Å². The van der Waals surface area contributed by atoms with Crippen LogP contribution in [0.15, 0.2) is 18.2 Å². The monoisotopic (exact) mass is 213 g/mol. The lowest BCUT2D eigenvalue weighted by molar-refractivity contribution is 0.603. The van der Waals surface area contributed by atoms with Crippen molar-refractivity contribution >= 4 is 11.8 Å². The molecule has 1 N–H and O–H groups in total. The van der Waals surface area contributed by atoms with Gasteiger partial charge in [0.2, 0.25) is 0 Å². The molecule has 1 rings (SSSR count). The van der Waals surface area contributed by atoms with Crippen LogP contribution in [0.2, 0.25) is 0 Å². The molecule has 0 aromatic heterocycles. The van der Waals surface area contributed by atoms with Gasteiger partial charge in [0.05, 0.1) is 0 Å². The lowest BCUT2D eigenvalue weighted by Gasteiger charge is -2.15. The van der Waals surface area contributed by atoms with Crippen LogP contribution in [-0.4, -0.2) is 19.1 Å². The summed E-state index contributed by atoms with van der Waals surface area (Å²) in [6.45, 7) is 1.78. The third kappa shape index (κ3) is 2.72. The summed E-state index contributed by atoms with van der Waals surface area (Å²) < 4.78 is 13.3. The number of aryl methyl sites for hydroxylation is 1. The van der Waals surface area contributed by atoms with E-state index in [1.165, 1.54) is 0 Å². The van der Waals surface area contributed by atoms with Crippen molar-refractivity contribution in [1.82, 2.24) is 5.32 Å². The fourth-order valence-corrected chi connectivity index (χ4v) is 2.03. The zero-order valence-corrected chi connectivity index (χ0v) is 9.62. The van der Waals surface area contributed by atoms with E-state index in [0.717, 1.165) is 11.3 Å². The average molecular weight is 213 g/mol. The zero-order chi connectivity index (χ0) is 10.6. The number of thioether (sulfide) groups is 1. The lowest BCUT2D eigenvalue weighted by Crippen LogP contribution is -2.18. The Labute approximate surface area is 89.1 Å². The summed E-state index contributed by atoms with van der Waals surface area (Å²) in [6.07, 6.45) is 2.05. The summed E-state index contributed by atoms with van der Waals surface area (Å²) >= 11 is 1.75. The van der Waals surface area contributed by atoms with Crippen LogP contribution in [0.4, 0.5) is 4.39 Å². The van der Waals surface area contributed by atoms with Crippen molar-refractivity contribution in [2.75, 3.05) is 19.1 Å². The maximum Gasteiger partial charge on any atom is 0.126 e. The van der Waals surface area contributed by atoms with Crippen LogP contribution in [0.25, 0.3) is 0 Å². The van der Waals surface area contributed by atoms with Crippen LogP contribution in [0.5, 0.6) is 0 Å². The fourth-order valence-electron chi connectivity index (χ4n) is 1.34. The van der Waals surface area contributed by atoms with Gasteiger partial charge in [-0.05, 0) is 37.4 Å². The second-order valence-electron chi connectivity index (χ2n) is 3.31. The molecule has 1 aromatic rings. The number of rotatable bonds is 4. The number of halogens is 1. The first-order valence-electron chi connectivity index (χ1n) is 4.61. The predicted octanol–water partition coefficient (Wildman–Crippen LogP) is 2.76. The van der Waals surface area contributed by atoms with Gasteiger partial charge in [0.1, 0.15) is 5.82 Å². The lowest BCUT2D eigenvalue weighted by atomic mass is 10.1. The Balaban J connectivity index is 2.88. The molecule has 0 fully saturated rings. The van der Waals surface area contributed by atoms with Gasteiger partial charge in [-0.1, -0.05) is 12.1 Å². The molecule has 0 aliphatic carbocycles. The third-order valence-corrected chi connectivity index (χ3v) is 2.95. The Morgan fingerprint density at radius 3 is 2.71 bits per heavy atom. The van der Waals surface area contributed by atoms with Crippen molar-refractivity contribution in [2.45, 2.75) is 13.0 Å². The van der Waals surface area contributed by atoms with Crippen LogP contribution in [0, 0.1) is 12.7 Å². The van der Waals surface area contributed by atoms with Gasteiger partial charge in [0.15, 0.2) is 0 Å². The van der Waals surface area contributed by atoms with Gasteiger partial charge in [-0.3, -0.25) is 0 Å². The van der Waals surface area contributed by atoms with Gasteiger partial charge < -0.3 is 5.32 Å². The molecule has 78 valence electrons. The van der Waals surface area contributed by atoms with E-state index in [1.54, 1.807) is 24.8 Å². The van der Waals surface area contributed by atoms with E-state index in [-0.39, 0.29) is 11.9 Å². The Hall–Kier alpha value is -0.540. The molecule has 0 aliphatic rings. The van der Waals surface area contributed by atoms with Crippen LogP contribution >= 0.6 is 11.8 Å². The SMILES string of the molecule is CNC(CSC)c1ccc(C)c(F)c1. The maximum absolute atomic E-state index is 13.3. The summed E-state index contributed by atoms with van der Waals surface area (Å²) in [5.41, 5.74) is 1.72. The molecule has 0 radical (unpaired) electrons. The van der Waals surface area contributed by atoms with Crippen LogP contribution in [0.3, 0.4) is 0 Å². The topological polar surface area (TPSA) is 12.0 Å². The molecule has 1 aromatic carbocycles. The van der Waals surface area contributed by atoms with E-state index in [2.05, 4.69) is 11.6 Å². The Morgan fingerprint density at radius 1 is 1.50 bits per heavy atom. The summed E-state index contributed by atoms with van der Waals surface area (Å²) in [4.78, 5) is 0. The fraction of sp³-hybridized carbons (Fsp3) is 0.455. The van der Waals surface area contributed by atoms with Gasteiger partial charge in [0, 0.05) is 11.8 Å². The zero-order valence-electron chi connectivity index (χ0n) is 8.80. The molecule has 0 saturated carbocycles. The normalized spacial score (nSPS) is 12.9. The molecule has 0 heterocycles. The van der Waals surface area contributed by atoms with Gasteiger partial charge in [-0.25, -0.2) is 4.39 Å². The first kappa shape index (κ1) is 11.5. The van der Waals surface area contributed by atoms with E-state index in [4.69, 9.17) is 0 Å². The highest BCUT2D eigenvalue weighted by Crippen LogP contribution is 2.19. The highest BCUT2D eigenvalue weighted by Gasteiger charge is 2.09. The molecule has 0 bridgehead atoms. The van der Waals surface area contributed by atoms with E-state index in [0.29, 0.717) is 5.56 Å². The second-order valence-corrected chi connectivity index (χ2v) is 4.22. The van der Waals surface area contributed by atoms with Crippen LogP contribution in [0.1, 0.15) is 17.2 Å². The largest absolute Gasteiger partial charge is 0.312 e. The summed E-state index contributed by atoms with van der Waals surface area (Å²) in [6, 6.07) is 5.66. The second kappa shape index (κ2) is 5.37. The Kier molecular flexibility index (Phi) is 4.42. The van der Waals surface area contributed by atoms with Gasteiger partial charge in [0.25, 0.3) is 0 Å². The number of nitrogens with one attached hydrogen (secondary N) is 1. The standard InChI is InChI=1S/C11H16FNS/c1-8-4-5-9(6-10(8)12)11(13-2)7-14-3/h4-6,11,13H,7H2,1-3H3. The number of hydrogen-bond donors (Lipinski definition) is 1. The average Bonchev–Trinajstić information content (AvgIpc) is 2.19. The van der Waals surface area contributed by atoms with E-state index in [9.17, 15) is 4.39 Å². The molecule has 1 atom stereocenters. The van der Waals surface area contributed by atoms with Crippen LogP contribution < -0.4 is 5.32 Å². The van der Waals surface area contributed by atoms with Crippen molar-refractivity contribution in [3.63, 3.8) is 0 Å². The molecular weight excluding hydrogens is 197 g/mol. The molecule has 0 saturated heterocycles. The molecule has 3 heteroatoms. The summed E-state index contributed by atoms with van der Waals surface area (Å²) in [7, 11) is 1.90. The number of hydrogen-bond acceptors (Lipinski definition) is 2. The van der Waals surface area contributed by atoms with Crippen molar-refractivity contribution in [2.24, 2.45) is 0 Å². The number of benzene rings is 1. The maximum atomic E-state index is 13.3. The molecule has 1 unspecified atom stereocenters. The van der Waals surface area contributed by atoms with Crippen molar-refractivity contribution in [3.05, 3.63) is 35.1 Å². The molecule has 0 spiro atoms. The van der Waals surface area contributed by atoms with Gasteiger partial charge in [-0.2, -0.15) is 11.8 Å². The minimum Gasteiger partial charge on any atom is -0.312 e. The molecule has 0 amide bonds. The highest BCUT2D eigenvalue weighted by atomic mass is 32.2. The van der Waals surface area contributed by atoms with Crippen molar-refractivity contribution < 1.29 is 4.39 Å². The highest BCUT2D eigenvalue weighted by molar-refractivity contribution is 7.98. The smallest absolute Gasteiger partial charge is 0.126 e. The summed E-state index contributed by atoms with van der Waals surface area (Å²) in [5.74, 6) is 0.836. The predicted molar refractivity (Wildman–Crippen MR) is 61.3 cm³/mol. The van der Waals surface area contributed by atoms with Crippen molar-refractivity contribution in [1.29, 1.82) is 0 Å². The third-order valence-electron chi connectivity index (χ3n) is 2.28. The Bertz CT molecular complexity index is 301. The molecule has 1 nitrogen and oxygen atoms in total. The summed E-state index contributed by atoms with van der Waals surface area (Å²) in [5, 5.41) is 3.18. The molecular formula is C11H16FNS. The van der Waals surface area contributed by atoms with Gasteiger partial charge in [-0.15, -0.1) is 0 Å². The first-order chi connectivity index (χ1) is 6.69. The van der Waals surface area contributed by atoms with Crippen LogP contribution in [-0.2, 0) is 0 Å². The quantitative estimate of drug-likeness (QED) is 0.825. The first-order valence-corrected chi connectivity index (χ1v) is 6.00. The van der Waals surface area contributed by atoms with Crippen molar-refractivity contribution in [3.8, 4) is 0 Å². The molecule has 0 aliphatic heterocycles. The van der Waals surface area contributed by atoms with E-state index < -0.39 is 0 Å². The Morgan fingerprint density at radius 2 is 2.21 bits per heavy atom. The van der Waals surface area contributed by atoms with E-state index >= 15 is 0 Å². The van der Waals surface area contributed by atoms with Gasteiger partial charge >= 0.3 is 0 Å². The molecule has 14 heavy (non-hydrogen) atoms. The minimum atomic E-state index is -0.121.